The molecule has 0 aliphatic carbocycles. The van der Waals surface area contributed by atoms with Gasteiger partial charge in [0.25, 0.3) is 5.69 Å². The zero-order valence-electron chi connectivity index (χ0n) is 8.40. The van der Waals surface area contributed by atoms with Gasteiger partial charge in [0, 0.05) is 11.6 Å². The number of hydrogen-bond donors (Lipinski definition) is 1. The van der Waals surface area contributed by atoms with Crippen LogP contribution >= 0.6 is 0 Å². The van der Waals surface area contributed by atoms with Gasteiger partial charge in [0.2, 0.25) is 0 Å². The number of allylic oxidation sites excluding steroid dienone is 1. The van der Waals surface area contributed by atoms with Crippen LogP contribution in [0.5, 0.6) is 0 Å². The molecule has 0 aliphatic rings. The Morgan fingerprint density at radius 2 is 2.25 bits per heavy atom. The summed E-state index contributed by atoms with van der Waals surface area (Å²) in [5, 5.41) is 18.9. The Morgan fingerprint density at radius 1 is 1.62 bits per heavy atom. The van der Waals surface area contributed by atoms with Crippen molar-refractivity contribution in [2.24, 2.45) is 5.73 Å². The van der Waals surface area contributed by atoms with Crippen LogP contribution in [-0.4, -0.2) is 4.92 Å². The lowest BCUT2D eigenvalue weighted by Crippen LogP contribution is -2.02. The fourth-order valence-electron chi connectivity index (χ4n) is 1.10. The van der Waals surface area contributed by atoms with Crippen LogP contribution in [0.1, 0.15) is 12.5 Å². The van der Waals surface area contributed by atoms with Crippen molar-refractivity contribution in [2.45, 2.75) is 6.92 Å². The van der Waals surface area contributed by atoms with Gasteiger partial charge in [-0.25, -0.2) is 4.39 Å². The predicted octanol–water partition coefficient (Wildman–Crippen LogP) is 1.95. The highest BCUT2D eigenvalue weighted by molar-refractivity contribution is 5.69. The maximum absolute atomic E-state index is 13.4. The topological polar surface area (TPSA) is 93.0 Å². The summed E-state index contributed by atoms with van der Waals surface area (Å²) in [5.74, 6) is -0.818. The molecule has 0 aromatic heterocycles. The SMILES string of the molecule is C/C(C#N)=C(/N)c1ccc([N+](=O)[O-])cc1F. The quantitative estimate of drug-likeness (QED) is 0.469. The monoisotopic (exact) mass is 221 g/mol. The van der Waals surface area contributed by atoms with Crippen LogP contribution < -0.4 is 5.73 Å². The fraction of sp³-hybridized carbons (Fsp3) is 0.100. The summed E-state index contributed by atoms with van der Waals surface area (Å²) in [6.07, 6.45) is 0. The van der Waals surface area contributed by atoms with Crippen molar-refractivity contribution in [3.63, 3.8) is 0 Å². The van der Waals surface area contributed by atoms with Crippen molar-refractivity contribution in [1.82, 2.24) is 0 Å². The van der Waals surface area contributed by atoms with E-state index in [0.717, 1.165) is 12.1 Å². The Labute approximate surface area is 90.8 Å². The Bertz CT molecular complexity index is 517. The first-order chi connectivity index (χ1) is 7.47. The second-order valence-corrected chi connectivity index (χ2v) is 3.07. The number of hydrogen-bond acceptors (Lipinski definition) is 4. The van der Waals surface area contributed by atoms with Crippen molar-refractivity contribution in [3.05, 3.63) is 45.3 Å². The number of nitro benzene ring substituents is 1. The summed E-state index contributed by atoms with van der Waals surface area (Å²) in [6.45, 7) is 1.44. The lowest BCUT2D eigenvalue weighted by molar-refractivity contribution is -0.385. The molecule has 2 N–H and O–H groups in total. The zero-order valence-corrected chi connectivity index (χ0v) is 8.40. The van der Waals surface area contributed by atoms with Gasteiger partial charge >= 0.3 is 0 Å². The van der Waals surface area contributed by atoms with E-state index in [0.29, 0.717) is 0 Å². The van der Waals surface area contributed by atoms with Crippen molar-refractivity contribution < 1.29 is 9.31 Å². The molecule has 0 saturated carbocycles. The maximum atomic E-state index is 13.4. The number of nitrogens with two attached hydrogens (primary N) is 1. The minimum absolute atomic E-state index is 0.00958. The minimum Gasteiger partial charge on any atom is -0.397 e. The standard InChI is InChI=1S/C10H8FN3O2/c1-6(5-12)10(13)8-3-2-7(14(15)16)4-9(8)11/h2-4H,13H2,1H3/b10-6-. The number of nitrogens with zero attached hydrogens (tertiary/aromatic N) is 2. The Morgan fingerprint density at radius 3 is 2.69 bits per heavy atom. The summed E-state index contributed by atoms with van der Waals surface area (Å²) in [6, 6.07) is 4.87. The molecule has 0 aliphatic heterocycles. The second kappa shape index (κ2) is 4.40. The summed E-state index contributed by atoms with van der Waals surface area (Å²) in [4.78, 5) is 9.66. The first-order valence-corrected chi connectivity index (χ1v) is 4.28. The Balaban J connectivity index is 3.30. The molecule has 0 amide bonds. The predicted molar refractivity (Wildman–Crippen MR) is 55.4 cm³/mol. The van der Waals surface area contributed by atoms with Gasteiger partial charge in [0.1, 0.15) is 5.82 Å². The highest BCUT2D eigenvalue weighted by atomic mass is 19.1. The van der Waals surface area contributed by atoms with Gasteiger partial charge in [-0.1, -0.05) is 0 Å². The van der Waals surface area contributed by atoms with Crippen molar-refractivity contribution in [1.29, 1.82) is 5.26 Å². The van der Waals surface area contributed by atoms with Crippen LogP contribution in [0.15, 0.2) is 23.8 Å². The highest BCUT2D eigenvalue weighted by Gasteiger charge is 2.13. The largest absolute Gasteiger partial charge is 0.397 e. The number of halogens is 1. The Kier molecular flexibility index (Phi) is 3.20. The van der Waals surface area contributed by atoms with Gasteiger partial charge < -0.3 is 5.73 Å². The number of non-ortho nitro benzene ring substituents is 1. The number of benzene rings is 1. The van der Waals surface area contributed by atoms with Crippen molar-refractivity contribution >= 4 is 11.4 Å². The smallest absolute Gasteiger partial charge is 0.272 e. The number of nitriles is 1. The van der Waals surface area contributed by atoms with Gasteiger partial charge in [-0.3, -0.25) is 10.1 Å². The molecule has 0 saturated heterocycles. The number of rotatable bonds is 2. The molecular formula is C10H8FN3O2. The normalized spacial score (nSPS) is 11.6. The third kappa shape index (κ3) is 2.15. The molecule has 16 heavy (non-hydrogen) atoms. The molecule has 0 heterocycles. The average Bonchev–Trinajstić information content (AvgIpc) is 2.26. The molecule has 0 radical (unpaired) electrons. The van der Waals surface area contributed by atoms with E-state index in [2.05, 4.69) is 0 Å². The molecule has 0 atom stereocenters. The van der Waals surface area contributed by atoms with E-state index in [1.54, 1.807) is 6.07 Å². The number of nitro groups is 1. The first-order valence-electron chi connectivity index (χ1n) is 4.28. The van der Waals surface area contributed by atoms with E-state index in [-0.39, 0.29) is 22.5 Å². The zero-order chi connectivity index (χ0) is 12.3. The summed E-state index contributed by atoms with van der Waals surface area (Å²) < 4.78 is 13.4. The van der Waals surface area contributed by atoms with E-state index in [9.17, 15) is 14.5 Å². The van der Waals surface area contributed by atoms with Crippen LogP contribution in [0.3, 0.4) is 0 Å². The Hall–Kier alpha value is -2.42. The first kappa shape index (κ1) is 11.7. The lowest BCUT2D eigenvalue weighted by Gasteiger charge is -2.03. The molecule has 0 spiro atoms. The maximum Gasteiger partial charge on any atom is 0.272 e. The minimum atomic E-state index is -0.818. The van der Waals surface area contributed by atoms with Crippen molar-refractivity contribution in [3.8, 4) is 6.07 Å². The van der Waals surface area contributed by atoms with Crippen molar-refractivity contribution in [2.75, 3.05) is 0 Å². The van der Waals surface area contributed by atoms with E-state index in [1.807, 2.05) is 0 Å². The molecule has 0 unspecified atom stereocenters. The second-order valence-electron chi connectivity index (χ2n) is 3.07. The third-order valence-corrected chi connectivity index (χ3v) is 2.03. The summed E-state index contributed by atoms with van der Waals surface area (Å²) >= 11 is 0. The molecule has 0 bridgehead atoms. The van der Waals surface area contributed by atoms with Crippen LogP contribution in [0, 0.1) is 27.3 Å². The lowest BCUT2D eigenvalue weighted by atomic mass is 10.1. The van der Waals surface area contributed by atoms with E-state index < -0.39 is 10.7 Å². The molecule has 0 fully saturated rings. The molecular weight excluding hydrogens is 213 g/mol. The van der Waals surface area contributed by atoms with Gasteiger partial charge in [-0.2, -0.15) is 5.26 Å². The van der Waals surface area contributed by atoms with Crippen LogP contribution in [-0.2, 0) is 0 Å². The van der Waals surface area contributed by atoms with Gasteiger partial charge in [0.15, 0.2) is 0 Å². The van der Waals surface area contributed by atoms with Crippen LogP contribution in [0.4, 0.5) is 10.1 Å². The molecule has 1 rings (SSSR count). The molecule has 1 aromatic rings. The van der Waals surface area contributed by atoms with Gasteiger partial charge in [-0.15, -0.1) is 0 Å². The summed E-state index contributed by atoms with van der Waals surface area (Å²) in [7, 11) is 0. The summed E-state index contributed by atoms with van der Waals surface area (Å²) in [5.41, 5.74) is 5.30. The van der Waals surface area contributed by atoms with E-state index in [1.165, 1.54) is 13.0 Å². The van der Waals surface area contributed by atoms with E-state index >= 15 is 0 Å². The molecule has 82 valence electrons. The highest BCUT2D eigenvalue weighted by Crippen LogP contribution is 2.21. The third-order valence-electron chi connectivity index (χ3n) is 2.03. The average molecular weight is 221 g/mol. The molecule has 1 aromatic carbocycles. The molecule has 5 nitrogen and oxygen atoms in total. The van der Waals surface area contributed by atoms with Crippen LogP contribution in [0.25, 0.3) is 5.70 Å². The van der Waals surface area contributed by atoms with Gasteiger partial charge in [0.05, 0.1) is 28.3 Å². The van der Waals surface area contributed by atoms with Crippen LogP contribution in [0.2, 0.25) is 0 Å². The van der Waals surface area contributed by atoms with Gasteiger partial charge in [-0.05, 0) is 13.0 Å². The van der Waals surface area contributed by atoms with E-state index in [4.69, 9.17) is 11.0 Å². The molecule has 6 heteroatoms. The fourth-order valence-corrected chi connectivity index (χ4v) is 1.10.